The second-order valence-corrected chi connectivity index (χ2v) is 6.77. The molecule has 1 aliphatic carbocycles. The first kappa shape index (κ1) is 17.1. The largest absolute Gasteiger partial charge is 0.465 e. The average Bonchev–Trinajstić information content (AvgIpc) is 2.53. The maximum atomic E-state index is 12.5. The molecule has 0 aromatic heterocycles. The van der Waals surface area contributed by atoms with Gasteiger partial charge in [-0.2, -0.15) is 0 Å². The molecule has 126 valence electrons. The lowest BCUT2D eigenvalue weighted by Gasteiger charge is -2.35. The van der Waals surface area contributed by atoms with E-state index in [-0.39, 0.29) is 17.9 Å². The second kappa shape index (κ2) is 7.81. The summed E-state index contributed by atoms with van der Waals surface area (Å²) in [5.41, 5.74) is 0. The molecule has 1 heterocycles. The standard InChI is InChI=1S/C16H28N2O4/c1-17(16(21)22)9-6-12-2-4-13(5-3-12)15(20)18-10-7-14(19)8-11-18/h12-14,19H,2-11H2,1H3,(H,21,22)/t12-,13-. The molecule has 2 N–H and O–H groups in total. The third-order valence-electron chi connectivity index (χ3n) is 5.17. The predicted molar refractivity (Wildman–Crippen MR) is 82.5 cm³/mol. The summed E-state index contributed by atoms with van der Waals surface area (Å²) in [5.74, 6) is 0.922. The Morgan fingerprint density at radius 2 is 1.68 bits per heavy atom. The zero-order valence-electron chi connectivity index (χ0n) is 13.4. The number of hydrogen-bond acceptors (Lipinski definition) is 3. The molecule has 2 aliphatic rings. The van der Waals surface area contributed by atoms with Crippen molar-refractivity contribution in [3.63, 3.8) is 0 Å². The molecule has 0 bridgehead atoms. The van der Waals surface area contributed by atoms with Gasteiger partial charge in [0.1, 0.15) is 0 Å². The van der Waals surface area contributed by atoms with Gasteiger partial charge in [-0.1, -0.05) is 0 Å². The van der Waals surface area contributed by atoms with Gasteiger partial charge in [0.2, 0.25) is 5.91 Å². The fourth-order valence-corrected chi connectivity index (χ4v) is 3.51. The molecule has 2 amide bonds. The average molecular weight is 312 g/mol. The van der Waals surface area contributed by atoms with Crippen LogP contribution in [0.5, 0.6) is 0 Å². The quantitative estimate of drug-likeness (QED) is 0.829. The van der Waals surface area contributed by atoms with Gasteiger partial charge in [0.25, 0.3) is 0 Å². The van der Waals surface area contributed by atoms with Crippen LogP contribution in [-0.4, -0.2) is 64.8 Å². The van der Waals surface area contributed by atoms with Crippen LogP contribution in [-0.2, 0) is 4.79 Å². The van der Waals surface area contributed by atoms with Crippen molar-refractivity contribution in [1.29, 1.82) is 0 Å². The van der Waals surface area contributed by atoms with Crippen LogP contribution in [0.25, 0.3) is 0 Å². The minimum absolute atomic E-state index is 0.128. The Balaban J connectivity index is 1.70. The van der Waals surface area contributed by atoms with Crippen LogP contribution in [0, 0.1) is 11.8 Å². The number of hydrogen-bond donors (Lipinski definition) is 2. The highest BCUT2D eigenvalue weighted by atomic mass is 16.4. The fourth-order valence-electron chi connectivity index (χ4n) is 3.51. The van der Waals surface area contributed by atoms with Crippen molar-refractivity contribution in [1.82, 2.24) is 9.80 Å². The topological polar surface area (TPSA) is 81.1 Å². The molecule has 6 heteroatoms. The lowest BCUT2D eigenvalue weighted by Crippen LogP contribution is -2.43. The molecule has 1 saturated heterocycles. The first-order valence-corrected chi connectivity index (χ1v) is 8.38. The SMILES string of the molecule is CN(CC[C@H]1CC[C@H](C(=O)N2CCC(O)CC2)CC1)C(=O)O. The summed E-state index contributed by atoms with van der Waals surface area (Å²) in [6.07, 6.45) is 5.02. The molecule has 6 nitrogen and oxygen atoms in total. The summed E-state index contributed by atoms with van der Waals surface area (Å²) in [6, 6.07) is 0. The maximum absolute atomic E-state index is 12.5. The molecule has 0 aromatic rings. The molecule has 0 radical (unpaired) electrons. The summed E-state index contributed by atoms with van der Waals surface area (Å²) in [4.78, 5) is 26.5. The molecule has 0 unspecified atom stereocenters. The molecule has 0 atom stereocenters. The smallest absolute Gasteiger partial charge is 0.407 e. The number of nitrogens with zero attached hydrogens (tertiary/aromatic N) is 2. The van der Waals surface area contributed by atoms with E-state index in [0.29, 0.717) is 38.4 Å². The molecule has 0 spiro atoms. The van der Waals surface area contributed by atoms with Crippen molar-refractivity contribution in [3.8, 4) is 0 Å². The van der Waals surface area contributed by atoms with Crippen molar-refractivity contribution in [3.05, 3.63) is 0 Å². The van der Waals surface area contributed by atoms with E-state index >= 15 is 0 Å². The summed E-state index contributed by atoms with van der Waals surface area (Å²) < 4.78 is 0. The highest BCUT2D eigenvalue weighted by Gasteiger charge is 2.31. The van der Waals surface area contributed by atoms with Gasteiger partial charge in [-0.05, 0) is 50.9 Å². The van der Waals surface area contributed by atoms with Gasteiger partial charge in [-0.25, -0.2) is 4.79 Å². The van der Waals surface area contributed by atoms with E-state index in [0.717, 1.165) is 32.1 Å². The summed E-state index contributed by atoms with van der Waals surface area (Å²) in [5, 5.41) is 18.4. The molecule has 0 aromatic carbocycles. The Morgan fingerprint density at radius 1 is 1.09 bits per heavy atom. The number of carboxylic acid groups (broad SMARTS) is 1. The first-order valence-electron chi connectivity index (χ1n) is 8.38. The van der Waals surface area contributed by atoms with Gasteiger partial charge in [-0.3, -0.25) is 4.79 Å². The van der Waals surface area contributed by atoms with Crippen LogP contribution in [0.1, 0.15) is 44.9 Å². The van der Waals surface area contributed by atoms with Crippen LogP contribution in [0.4, 0.5) is 4.79 Å². The van der Waals surface area contributed by atoms with E-state index in [9.17, 15) is 14.7 Å². The molecular weight excluding hydrogens is 284 g/mol. The number of piperidine rings is 1. The van der Waals surface area contributed by atoms with E-state index in [1.807, 2.05) is 4.90 Å². The van der Waals surface area contributed by atoms with Crippen LogP contribution in [0.3, 0.4) is 0 Å². The van der Waals surface area contributed by atoms with Gasteiger partial charge in [0, 0.05) is 32.6 Å². The molecule has 22 heavy (non-hydrogen) atoms. The van der Waals surface area contributed by atoms with E-state index in [1.165, 1.54) is 4.90 Å². The van der Waals surface area contributed by atoms with Gasteiger partial charge in [0.15, 0.2) is 0 Å². The second-order valence-electron chi connectivity index (χ2n) is 6.77. The summed E-state index contributed by atoms with van der Waals surface area (Å²) in [7, 11) is 1.60. The van der Waals surface area contributed by atoms with Crippen LogP contribution >= 0.6 is 0 Å². The Bertz CT molecular complexity index is 386. The summed E-state index contributed by atoms with van der Waals surface area (Å²) >= 11 is 0. The van der Waals surface area contributed by atoms with Crippen LogP contribution in [0.15, 0.2) is 0 Å². The van der Waals surface area contributed by atoms with Gasteiger partial charge >= 0.3 is 6.09 Å². The third-order valence-corrected chi connectivity index (χ3v) is 5.17. The van der Waals surface area contributed by atoms with Crippen LogP contribution < -0.4 is 0 Å². The predicted octanol–water partition coefficient (Wildman–Crippen LogP) is 1.78. The molecule has 1 aliphatic heterocycles. The lowest BCUT2D eigenvalue weighted by atomic mass is 9.79. The van der Waals surface area contributed by atoms with E-state index in [1.54, 1.807) is 7.05 Å². The van der Waals surface area contributed by atoms with Crippen molar-refractivity contribution in [2.24, 2.45) is 11.8 Å². The Kier molecular flexibility index (Phi) is 6.06. The minimum Gasteiger partial charge on any atom is -0.465 e. The van der Waals surface area contributed by atoms with Gasteiger partial charge < -0.3 is 20.0 Å². The first-order chi connectivity index (χ1) is 10.5. The van der Waals surface area contributed by atoms with Crippen LogP contribution in [0.2, 0.25) is 0 Å². The molecule has 2 fully saturated rings. The fraction of sp³-hybridized carbons (Fsp3) is 0.875. The number of carbonyl (C=O) groups excluding carboxylic acids is 1. The molecular formula is C16H28N2O4. The lowest BCUT2D eigenvalue weighted by molar-refractivity contribution is -0.138. The van der Waals surface area contributed by atoms with Crippen molar-refractivity contribution < 1.29 is 19.8 Å². The third kappa shape index (κ3) is 4.60. The molecule has 2 rings (SSSR count). The normalized spacial score (nSPS) is 26.7. The van der Waals surface area contributed by atoms with Crippen molar-refractivity contribution in [2.75, 3.05) is 26.7 Å². The Labute approximate surface area is 132 Å². The number of carbonyl (C=O) groups is 2. The zero-order valence-corrected chi connectivity index (χ0v) is 13.4. The Morgan fingerprint density at radius 3 is 2.23 bits per heavy atom. The highest BCUT2D eigenvalue weighted by Crippen LogP contribution is 2.32. The Hall–Kier alpha value is -1.30. The number of likely N-dealkylation sites (tertiary alicyclic amines) is 1. The summed E-state index contributed by atoms with van der Waals surface area (Å²) in [6.45, 7) is 1.94. The monoisotopic (exact) mass is 312 g/mol. The number of amides is 2. The van der Waals surface area contributed by atoms with Gasteiger partial charge in [0.05, 0.1) is 6.10 Å². The van der Waals surface area contributed by atoms with E-state index in [2.05, 4.69) is 0 Å². The number of aliphatic hydroxyl groups excluding tert-OH is 1. The maximum Gasteiger partial charge on any atom is 0.407 e. The molecule has 1 saturated carbocycles. The minimum atomic E-state index is -0.879. The number of aliphatic hydroxyl groups is 1. The van der Waals surface area contributed by atoms with Crippen molar-refractivity contribution >= 4 is 12.0 Å². The van der Waals surface area contributed by atoms with Crippen molar-refractivity contribution in [2.45, 2.75) is 51.0 Å². The van der Waals surface area contributed by atoms with E-state index < -0.39 is 6.09 Å². The van der Waals surface area contributed by atoms with Gasteiger partial charge in [-0.15, -0.1) is 0 Å². The highest BCUT2D eigenvalue weighted by molar-refractivity contribution is 5.79. The number of rotatable bonds is 4. The van der Waals surface area contributed by atoms with E-state index in [4.69, 9.17) is 5.11 Å². The zero-order chi connectivity index (χ0) is 16.1.